The van der Waals surface area contributed by atoms with E-state index in [0.717, 1.165) is 12.0 Å². The molecule has 112 valence electrons. The van der Waals surface area contributed by atoms with E-state index < -0.39 is 11.6 Å². The summed E-state index contributed by atoms with van der Waals surface area (Å²) in [6, 6.07) is 11.6. The van der Waals surface area contributed by atoms with Crippen LogP contribution >= 0.6 is 11.6 Å². The number of benzene rings is 2. The van der Waals surface area contributed by atoms with Gasteiger partial charge in [0.15, 0.2) is 0 Å². The number of hydrogen-bond acceptors (Lipinski definition) is 1. The first-order valence-electron chi connectivity index (χ1n) is 6.92. The summed E-state index contributed by atoms with van der Waals surface area (Å²) in [5.74, 6) is -0.871. The summed E-state index contributed by atoms with van der Waals surface area (Å²) >= 11 is 5.98. The van der Waals surface area contributed by atoms with Crippen molar-refractivity contribution in [3.8, 4) is 0 Å². The molecule has 0 aliphatic rings. The van der Waals surface area contributed by atoms with Gasteiger partial charge in [-0.2, -0.15) is 0 Å². The number of halogens is 3. The zero-order valence-electron chi connectivity index (χ0n) is 11.9. The van der Waals surface area contributed by atoms with Crippen LogP contribution in [0.15, 0.2) is 42.5 Å². The Kier molecular flexibility index (Phi) is 5.71. The topological polar surface area (TPSA) is 12.0 Å². The van der Waals surface area contributed by atoms with Crippen LogP contribution in [-0.2, 0) is 12.8 Å². The van der Waals surface area contributed by atoms with Gasteiger partial charge in [-0.25, -0.2) is 8.78 Å². The van der Waals surface area contributed by atoms with Crippen molar-refractivity contribution in [2.45, 2.75) is 12.8 Å². The minimum absolute atomic E-state index is 0.0971. The van der Waals surface area contributed by atoms with Crippen molar-refractivity contribution in [2.24, 2.45) is 5.92 Å². The average Bonchev–Trinajstić information content (AvgIpc) is 2.43. The Morgan fingerprint density at radius 2 is 1.71 bits per heavy atom. The summed E-state index contributed by atoms with van der Waals surface area (Å²) in [5.41, 5.74) is 1.22. The van der Waals surface area contributed by atoms with E-state index >= 15 is 0 Å². The SMILES string of the molecule is CNCC(Cc1cccc(Cl)c1)Cc1c(F)cccc1F. The lowest BCUT2D eigenvalue weighted by atomic mass is 9.92. The fourth-order valence-corrected chi connectivity index (χ4v) is 2.73. The van der Waals surface area contributed by atoms with Crippen molar-refractivity contribution in [1.82, 2.24) is 5.32 Å². The highest BCUT2D eigenvalue weighted by Crippen LogP contribution is 2.21. The second kappa shape index (κ2) is 7.53. The first-order chi connectivity index (χ1) is 10.1. The van der Waals surface area contributed by atoms with Crippen molar-refractivity contribution in [3.63, 3.8) is 0 Å². The Morgan fingerprint density at radius 3 is 2.33 bits per heavy atom. The maximum Gasteiger partial charge on any atom is 0.129 e. The van der Waals surface area contributed by atoms with Crippen molar-refractivity contribution >= 4 is 11.6 Å². The van der Waals surface area contributed by atoms with Gasteiger partial charge in [0.05, 0.1) is 0 Å². The van der Waals surface area contributed by atoms with Gasteiger partial charge in [-0.15, -0.1) is 0 Å². The standard InChI is InChI=1S/C17H18ClF2N/c1-21-11-13(8-12-4-2-5-14(18)9-12)10-15-16(19)6-3-7-17(15)20/h2-7,9,13,21H,8,10-11H2,1H3. The largest absolute Gasteiger partial charge is 0.319 e. The first kappa shape index (κ1) is 15.9. The molecule has 1 N–H and O–H groups in total. The first-order valence-corrected chi connectivity index (χ1v) is 7.30. The van der Waals surface area contributed by atoms with Gasteiger partial charge < -0.3 is 5.32 Å². The third-order valence-electron chi connectivity index (χ3n) is 3.46. The van der Waals surface area contributed by atoms with Crippen LogP contribution in [0.5, 0.6) is 0 Å². The molecule has 1 nitrogen and oxygen atoms in total. The molecule has 0 fully saturated rings. The van der Waals surface area contributed by atoms with Gasteiger partial charge in [0.25, 0.3) is 0 Å². The molecule has 1 atom stereocenters. The Labute approximate surface area is 128 Å². The van der Waals surface area contributed by atoms with Crippen LogP contribution in [0.25, 0.3) is 0 Å². The summed E-state index contributed by atoms with van der Waals surface area (Å²) in [7, 11) is 1.84. The van der Waals surface area contributed by atoms with Gasteiger partial charge in [0, 0.05) is 10.6 Å². The van der Waals surface area contributed by atoms with E-state index in [4.69, 9.17) is 11.6 Å². The molecule has 0 saturated heterocycles. The van der Waals surface area contributed by atoms with Crippen LogP contribution in [0.4, 0.5) is 8.78 Å². The lowest BCUT2D eigenvalue weighted by molar-refractivity contribution is 0.462. The molecular formula is C17H18ClF2N. The highest BCUT2D eigenvalue weighted by molar-refractivity contribution is 6.30. The molecule has 0 amide bonds. The second-order valence-electron chi connectivity index (χ2n) is 5.16. The van der Waals surface area contributed by atoms with Crippen LogP contribution < -0.4 is 5.32 Å². The molecule has 21 heavy (non-hydrogen) atoms. The monoisotopic (exact) mass is 309 g/mol. The molecule has 2 aromatic carbocycles. The van der Waals surface area contributed by atoms with Crippen molar-refractivity contribution in [3.05, 3.63) is 70.2 Å². The quantitative estimate of drug-likeness (QED) is 0.841. The van der Waals surface area contributed by atoms with E-state index in [1.807, 2.05) is 31.3 Å². The van der Waals surface area contributed by atoms with Crippen molar-refractivity contribution in [2.75, 3.05) is 13.6 Å². The Morgan fingerprint density at radius 1 is 1.05 bits per heavy atom. The van der Waals surface area contributed by atoms with Crippen molar-refractivity contribution in [1.29, 1.82) is 0 Å². The van der Waals surface area contributed by atoms with Crippen LogP contribution in [0.3, 0.4) is 0 Å². The average molecular weight is 310 g/mol. The van der Waals surface area contributed by atoms with Crippen LogP contribution in [0.1, 0.15) is 11.1 Å². The van der Waals surface area contributed by atoms with Gasteiger partial charge in [-0.1, -0.05) is 29.8 Å². The van der Waals surface area contributed by atoms with Crippen LogP contribution in [0.2, 0.25) is 5.02 Å². The molecule has 2 aromatic rings. The Bertz CT molecular complexity index is 581. The highest BCUT2D eigenvalue weighted by atomic mass is 35.5. The molecule has 0 aromatic heterocycles. The third kappa shape index (κ3) is 4.51. The maximum absolute atomic E-state index is 13.8. The minimum atomic E-state index is -0.484. The van der Waals surface area contributed by atoms with E-state index in [1.54, 1.807) is 0 Å². The molecular weight excluding hydrogens is 292 g/mol. The van der Waals surface area contributed by atoms with E-state index in [0.29, 0.717) is 18.0 Å². The molecule has 0 aliphatic carbocycles. The fourth-order valence-electron chi connectivity index (χ4n) is 2.52. The van der Waals surface area contributed by atoms with Crippen LogP contribution in [-0.4, -0.2) is 13.6 Å². The van der Waals surface area contributed by atoms with Crippen molar-refractivity contribution < 1.29 is 8.78 Å². The van der Waals surface area contributed by atoms with E-state index in [-0.39, 0.29) is 11.5 Å². The summed E-state index contributed by atoms with van der Waals surface area (Å²) in [4.78, 5) is 0. The molecule has 0 aliphatic heterocycles. The van der Waals surface area contributed by atoms with Gasteiger partial charge in [0.2, 0.25) is 0 Å². The normalized spacial score (nSPS) is 12.4. The smallest absolute Gasteiger partial charge is 0.129 e. The molecule has 0 spiro atoms. The summed E-state index contributed by atoms with van der Waals surface area (Å²) in [6.45, 7) is 0.681. The van der Waals surface area contributed by atoms with Gasteiger partial charge in [-0.05, 0) is 62.2 Å². The summed E-state index contributed by atoms with van der Waals surface area (Å²) in [5, 5.41) is 3.76. The third-order valence-corrected chi connectivity index (χ3v) is 3.70. The lowest BCUT2D eigenvalue weighted by Gasteiger charge is -2.18. The Balaban J connectivity index is 2.16. The molecule has 1 unspecified atom stereocenters. The minimum Gasteiger partial charge on any atom is -0.319 e. The van der Waals surface area contributed by atoms with E-state index in [2.05, 4.69) is 5.32 Å². The zero-order chi connectivity index (χ0) is 15.2. The lowest BCUT2D eigenvalue weighted by Crippen LogP contribution is -2.23. The summed E-state index contributed by atoms with van der Waals surface area (Å²) < 4.78 is 27.5. The van der Waals surface area contributed by atoms with Gasteiger partial charge >= 0.3 is 0 Å². The molecule has 0 saturated carbocycles. The van der Waals surface area contributed by atoms with Crippen LogP contribution in [0, 0.1) is 17.6 Å². The number of hydrogen-bond donors (Lipinski definition) is 1. The molecule has 4 heteroatoms. The Hall–Kier alpha value is -1.45. The fraction of sp³-hybridized carbons (Fsp3) is 0.294. The molecule has 0 radical (unpaired) electrons. The zero-order valence-corrected chi connectivity index (χ0v) is 12.6. The van der Waals surface area contributed by atoms with Gasteiger partial charge in [-0.3, -0.25) is 0 Å². The summed E-state index contributed by atoms with van der Waals surface area (Å²) in [6.07, 6.45) is 1.07. The highest BCUT2D eigenvalue weighted by Gasteiger charge is 2.16. The predicted molar refractivity (Wildman–Crippen MR) is 82.6 cm³/mol. The molecule has 0 bridgehead atoms. The second-order valence-corrected chi connectivity index (χ2v) is 5.60. The van der Waals surface area contributed by atoms with E-state index in [9.17, 15) is 8.78 Å². The molecule has 0 heterocycles. The number of rotatable bonds is 6. The predicted octanol–water partition coefficient (Wildman–Crippen LogP) is 4.24. The maximum atomic E-state index is 13.8. The van der Waals surface area contributed by atoms with E-state index in [1.165, 1.54) is 18.2 Å². The van der Waals surface area contributed by atoms with Gasteiger partial charge in [0.1, 0.15) is 11.6 Å². The number of nitrogens with one attached hydrogen (secondary N) is 1. The molecule has 2 rings (SSSR count).